The van der Waals surface area contributed by atoms with Gasteiger partial charge in [0.2, 0.25) is 5.91 Å². The summed E-state index contributed by atoms with van der Waals surface area (Å²) < 4.78 is 6.80. The van der Waals surface area contributed by atoms with Gasteiger partial charge in [0, 0.05) is 23.3 Å². The Labute approximate surface area is 194 Å². The lowest BCUT2D eigenvalue weighted by Gasteiger charge is -2.12. The van der Waals surface area contributed by atoms with Crippen molar-refractivity contribution in [2.75, 3.05) is 19.0 Å². The highest BCUT2D eigenvalue weighted by Crippen LogP contribution is 2.19. The average Bonchev–Trinajstić information content (AvgIpc) is 3.39. The van der Waals surface area contributed by atoms with Gasteiger partial charge in [0.15, 0.2) is 0 Å². The maximum absolute atomic E-state index is 12.8. The van der Waals surface area contributed by atoms with Crippen LogP contribution < -0.4 is 15.4 Å². The van der Waals surface area contributed by atoms with Crippen LogP contribution in [0.3, 0.4) is 0 Å². The maximum Gasteiger partial charge on any atom is 0.335 e. The summed E-state index contributed by atoms with van der Waals surface area (Å²) >= 11 is 0. The molecule has 0 bridgehead atoms. The number of carboxylic acid groups (broad SMARTS) is 1. The number of hydrogen-bond donors (Lipinski definition) is 3. The highest BCUT2D eigenvalue weighted by Gasteiger charge is 2.35. The van der Waals surface area contributed by atoms with Crippen LogP contribution in [0.25, 0.3) is 11.8 Å². The predicted molar refractivity (Wildman–Crippen MR) is 123 cm³/mol. The quantitative estimate of drug-likeness (QED) is 0.367. The van der Waals surface area contributed by atoms with Crippen LogP contribution in [0, 0.1) is 0 Å². The first-order valence-corrected chi connectivity index (χ1v) is 10.2. The lowest BCUT2D eigenvalue weighted by Crippen LogP contribution is -2.38. The van der Waals surface area contributed by atoms with Gasteiger partial charge in [-0.2, -0.15) is 0 Å². The van der Waals surface area contributed by atoms with Crippen LogP contribution in [0.15, 0.2) is 72.6 Å². The number of rotatable bonds is 7. The first-order valence-electron chi connectivity index (χ1n) is 10.2. The van der Waals surface area contributed by atoms with E-state index in [4.69, 9.17) is 9.84 Å². The molecule has 1 aliphatic heterocycles. The van der Waals surface area contributed by atoms with Gasteiger partial charge in [-0.15, -0.1) is 0 Å². The van der Waals surface area contributed by atoms with Crippen LogP contribution in [0.1, 0.15) is 16.1 Å². The fraction of sp³-hybridized carbons (Fsp3) is 0.0833. The minimum Gasteiger partial charge on any atom is -0.497 e. The van der Waals surface area contributed by atoms with Gasteiger partial charge in [0.25, 0.3) is 5.91 Å². The zero-order chi connectivity index (χ0) is 24.2. The standard InChI is InChI=1S/C24H20N4O6/c1-34-19-10-6-16(7-11-19)25-21(29)14-28-22(30)20(26-24(28)33)13-18-3-2-12-27(18)17-8-4-15(5-9-17)23(31)32/h2-13H,14H2,1H3,(H,25,29)(H,26,33)(H,31,32)/b20-13-. The van der Waals surface area contributed by atoms with E-state index in [0.29, 0.717) is 22.8 Å². The number of anilines is 1. The first-order chi connectivity index (χ1) is 16.4. The van der Waals surface area contributed by atoms with E-state index in [0.717, 1.165) is 4.90 Å². The molecule has 172 valence electrons. The fourth-order valence-corrected chi connectivity index (χ4v) is 3.39. The first kappa shape index (κ1) is 22.3. The van der Waals surface area contributed by atoms with E-state index in [2.05, 4.69) is 10.6 Å². The van der Waals surface area contributed by atoms with Crippen LogP contribution in [0.4, 0.5) is 10.5 Å². The number of benzene rings is 2. The van der Waals surface area contributed by atoms with Gasteiger partial charge < -0.3 is 25.0 Å². The lowest BCUT2D eigenvalue weighted by molar-refractivity contribution is -0.127. The molecule has 2 heterocycles. The van der Waals surface area contributed by atoms with E-state index in [-0.39, 0.29) is 11.3 Å². The van der Waals surface area contributed by atoms with Gasteiger partial charge in [0.05, 0.1) is 12.7 Å². The minimum absolute atomic E-state index is 0.0179. The Kier molecular flexibility index (Phi) is 6.13. The van der Waals surface area contributed by atoms with Crippen molar-refractivity contribution in [2.45, 2.75) is 0 Å². The molecular weight excluding hydrogens is 440 g/mol. The van der Waals surface area contributed by atoms with E-state index in [1.165, 1.54) is 25.3 Å². The van der Waals surface area contributed by atoms with E-state index < -0.39 is 30.4 Å². The molecule has 0 unspecified atom stereocenters. The van der Waals surface area contributed by atoms with Gasteiger partial charge in [-0.1, -0.05) is 0 Å². The SMILES string of the molecule is COc1ccc(NC(=O)CN2C(=O)N/C(=C\c3cccn3-c3ccc(C(=O)O)cc3)C2=O)cc1. The van der Waals surface area contributed by atoms with Crippen LogP contribution in [-0.4, -0.2) is 52.0 Å². The van der Waals surface area contributed by atoms with Crippen LogP contribution in [-0.2, 0) is 9.59 Å². The second-order valence-electron chi connectivity index (χ2n) is 7.31. The molecule has 1 aliphatic rings. The maximum atomic E-state index is 12.8. The van der Waals surface area contributed by atoms with Crippen LogP contribution in [0.2, 0.25) is 0 Å². The van der Waals surface area contributed by atoms with Gasteiger partial charge >= 0.3 is 12.0 Å². The average molecular weight is 460 g/mol. The second-order valence-corrected chi connectivity index (χ2v) is 7.31. The van der Waals surface area contributed by atoms with Crippen LogP contribution in [0.5, 0.6) is 5.75 Å². The smallest absolute Gasteiger partial charge is 0.335 e. The monoisotopic (exact) mass is 460 g/mol. The van der Waals surface area contributed by atoms with Crippen molar-refractivity contribution >= 4 is 35.6 Å². The summed E-state index contributed by atoms with van der Waals surface area (Å²) in [4.78, 5) is 49.4. The van der Waals surface area contributed by atoms with Crippen molar-refractivity contribution in [2.24, 2.45) is 0 Å². The molecule has 1 saturated heterocycles. The summed E-state index contributed by atoms with van der Waals surface area (Å²) in [6.07, 6.45) is 3.23. The van der Waals surface area contributed by atoms with Gasteiger partial charge in [-0.05, 0) is 66.7 Å². The van der Waals surface area contributed by atoms with Crippen molar-refractivity contribution in [1.29, 1.82) is 0 Å². The molecule has 3 aromatic rings. The third-order valence-corrected chi connectivity index (χ3v) is 5.10. The molecule has 0 aliphatic carbocycles. The Hall–Kier alpha value is -4.86. The van der Waals surface area contributed by atoms with Crippen molar-refractivity contribution < 1.29 is 29.0 Å². The Morgan fingerprint density at radius 3 is 2.41 bits per heavy atom. The highest BCUT2D eigenvalue weighted by molar-refractivity contribution is 6.15. The number of carboxylic acids is 1. The Morgan fingerprint density at radius 1 is 1.06 bits per heavy atom. The third kappa shape index (κ3) is 4.65. The van der Waals surface area contributed by atoms with Gasteiger partial charge in [-0.3, -0.25) is 9.59 Å². The molecule has 1 aromatic heterocycles. The Morgan fingerprint density at radius 2 is 1.76 bits per heavy atom. The summed E-state index contributed by atoms with van der Waals surface area (Å²) in [7, 11) is 1.53. The fourth-order valence-electron chi connectivity index (χ4n) is 3.39. The van der Waals surface area contributed by atoms with E-state index in [1.807, 2.05) is 0 Å². The number of carbonyl (C=O) groups excluding carboxylic acids is 3. The number of carbonyl (C=O) groups is 4. The summed E-state index contributed by atoms with van der Waals surface area (Å²) in [6, 6.07) is 15.6. The molecule has 0 radical (unpaired) electrons. The minimum atomic E-state index is -1.03. The molecule has 0 atom stereocenters. The van der Waals surface area contributed by atoms with E-state index >= 15 is 0 Å². The summed E-state index contributed by atoms with van der Waals surface area (Å²) in [5.41, 5.74) is 1.92. The Balaban J connectivity index is 1.47. The number of methoxy groups -OCH3 is 1. The van der Waals surface area contributed by atoms with Crippen molar-refractivity contribution in [3.05, 3.63) is 83.8 Å². The highest BCUT2D eigenvalue weighted by atomic mass is 16.5. The number of aromatic nitrogens is 1. The molecule has 4 rings (SSSR count). The number of nitrogens with one attached hydrogen (secondary N) is 2. The predicted octanol–water partition coefficient (Wildman–Crippen LogP) is 2.72. The molecule has 3 N–H and O–H groups in total. The molecular formula is C24H20N4O6. The summed E-state index contributed by atoms with van der Waals surface area (Å²) in [5.74, 6) is -1.57. The number of amides is 4. The normalized spacial score (nSPS) is 14.3. The lowest BCUT2D eigenvalue weighted by atomic mass is 10.2. The molecule has 2 aromatic carbocycles. The second kappa shape index (κ2) is 9.33. The number of ether oxygens (including phenoxy) is 1. The summed E-state index contributed by atoms with van der Waals surface area (Å²) in [6.45, 7) is -0.453. The van der Waals surface area contributed by atoms with Gasteiger partial charge in [0.1, 0.15) is 18.0 Å². The topological polar surface area (TPSA) is 130 Å². The van der Waals surface area contributed by atoms with Crippen LogP contribution >= 0.6 is 0 Å². The van der Waals surface area contributed by atoms with Crippen molar-refractivity contribution in [3.8, 4) is 11.4 Å². The zero-order valence-corrected chi connectivity index (χ0v) is 18.0. The van der Waals surface area contributed by atoms with Crippen molar-refractivity contribution in [1.82, 2.24) is 14.8 Å². The van der Waals surface area contributed by atoms with Gasteiger partial charge in [-0.25, -0.2) is 14.5 Å². The van der Waals surface area contributed by atoms with E-state index in [1.54, 1.807) is 59.3 Å². The van der Waals surface area contributed by atoms with E-state index in [9.17, 15) is 19.2 Å². The molecule has 0 spiro atoms. The van der Waals surface area contributed by atoms with Crippen molar-refractivity contribution in [3.63, 3.8) is 0 Å². The molecule has 10 nitrogen and oxygen atoms in total. The Bertz CT molecular complexity index is 1290. The number of imide groups is 1. The number of nitrogens with zero attached hydrogens (tertiary/aromatic N) is 2. The number of hydrogen-bond acceptors (Lipinski definition) is 5. The molecule has 34 heavy (non-hydrogen) atoms. The zero-order valence-electron chi connectivity index (χ0n) is 18.0. The number of aromatic carboxylic acids is 1. The summed E-state index contributed by atoms with van der Waals surface area (Å²) in [5, 5.41) is 14.2. The molecule has 0 saturated carbocycles. The molecule has 4 amide bonds. The number of urea groups is 1. The third-order valence-electron chi connectivity index (χ3n) is 5.10. The molecule has 10 heteroatoms. The molecule has 1 fully saturated rings. The largest absolute Gasteiger partial charge is 0.497 e.